The highest BCUT2D eigenvalue weighted by molar-refractivity contribution is 6.32. The summed E-state index contributed by atoms with van der Waals surface area (Å²) in [6.07, 6.45) is 0.851. The molecule has 6 heteroatoms. The SMILES string of the molecule is COc1ccc(CNCCc2cc(Cl)c3c(c2)OCCO3)cc1OC. The van der Waals surface area contributed by atoms with Gasteiger partial charge in [0.2, 0.25) is 0 Å². The lowest BCUT2D eigenvalue weighted by Gasteiger charge is -2.20. The molecule has 1 aliphatic rings. The normalized spacial score (nSPS) is 12.8. The van der Waals surface area contributed by atoms with Gasteiger partial charge in [-0.1, -0.05) is 17.7 Å². The smallest absolute Gasteiger partial charge is 0.179 e. The molecule has 0 fully saturated rings. The molecule has 0 radical (unpaired) electrons. The topological polar surface area (TPSA) is 49.0 Å². The van der Waals surface area contributed by atoms with Gasteiger partial charge in [0.05, 0.1) is 19.2 Å². The van der Waals surface area contributed by atoms with E-state index in [0.717, 1.165) is 47.9 Å². The minimum atomic E-state index is 0.541. The fraction of sp³-hybridized carbons (Fsp3) is 0.368. The zero-order valence-corrected chi connectivity index (χ0v) is 15.2. The van der Waals surface area contributed by atoms with Gasteiger partial charge in [0.25, 0.3) is 0 Å². The molecule has 0 spiro atoms. The first-order valence-corrected chi connectivity index (χ1v) is 8.58. The van der Waals surface area contributed by atoms with Crippen LogP contribution < -0.4 is 24.3 Å². The van der Waals surface area contributed by atoms with Crippen LogP contribution in [0.15, 0.2) is 30.3 Å². The van der Waals surface area contributed by atoms with Gasteiger partial charge in [-0.05, 0) is 48.4 Å². The maximum atomic E-state index is 6.27. The van der Waals surface area contributed by atoms with E-state index in [1.807, 2.05) is 30.3 Å². The number of hydrogen-bond donors (Lipinski definition) is 1. The lowest BCUT2D eigenvalue weighted by atomic mass is 10.1. The predicted molar refractivity (Wildman–Crippen MR) is 97.4 cm³/mol. The average Bonchev–Trinajstić information content (AvgIpc) is 2.65. The van der Waals surface area contributed by atoms with Gasteiger partial charge in [0, 0.05) is 6.54 Å². The van der Waals surface area contributed by atoms with Crippen LogP contribution in [-0.4, -0.2) is 34.0 Å². The van der Waals surface area contributed by atoms with Gasteiger partial charge in [0.15, 0.2) is 23.0 Å². The van der Waals surface area contributed by atoms with Gasteiger partial charge in [-0.25, -0.2) is 0 Å². The van der Waals surface area contributed by atoms with E-state index in [4.69, 9.17) is 30.5 Å². The summed E-state index contributed by atoms with van der Waals surface area (Å²) < 4.78 is 21.7. The van der Waals surface area contributed by atoms with Gasteiger partial charge in [0.1, 0.15) is 13.2 Å². The van der Waals surface area contributed by atoms with Crippen LogP contribution in [0.1, 0.15) is 11.1 Å². The largest absolute Gasteiger partial charge is 0.493 e. The van der Waals surface area contributed by atoms with Crippen molar-refractivity contribution in [3.8, 4) is 23.0 Å². The highest BCUT2D eigenvalue weighted by Crippen LogP contribution is 2.38. The van der Waals surface area contributed by atoms with Gasteiger partial charge in [-0.15, -0.1) is 0 Å². The molecule has 0 unspecified atom stereocenters. The van der Waals surface area contributed by atoms with Crippen LogP contribution in [0.3, 0.4) is 0 Å². The second kappa shape index (κ2) is 8.32. The summed E-state index contributed by atoms with van der Waals surface area (Å²) in [6.45, 7) is 2.67. The van der Waals surface area contributed by atoms with Crippen LogP contribution >= 0.6 is 11.6 Å². The lowest BCUT2D eigenvalue weighted by Crippen LogP contribution is -2.18. The van der Waals surface area contributed by atoms with E-state index in [-0.39, 0.29) is 0 Å². The molecule has 0 amide bonds. The van der Waals surface area contributed by atoms with Crippen molar-refractivity contribution in [2.75, 3.05) is 34.0 Å². The maximum absolute atomic E-state index is 6.27. The van der Waals surface area contributed by atoms with Crippen LogP contribution in [0, 0.1) is 0 Å². The number of nitrogens with one attached hydrogen (secondary N) is 1. The van der Waals surface area contributed by atoms with E-state index in [1.165, 1.54) is 0 Å². The Kier molecular flexibility index (Phi) is 5.89. The highest BCUT2D eigenvalue weighted by atomic mass is 35.5. The minimum Gasteiger partial charge on any atom is -0.493 e. The second-order valence-electron chi connectivity index (χ2n) is 5.72. The third-order valence-electron chi connectivity index (χ3n) is 4.02. The third kappa shape index (κ3) is 4.30. The Bertz CT molecular complexity index is 736. The first-order valence-electron chi connectivity index (χ1n) is 8.21. The number of methoxy groups -OCH3 is 2. The Morgan fingerprint density at radius 3 is 2.60 bits per heavy atom. The van der Waals surface area contributed by atoms with Crippen LogP contribution in [-0.2, 0) is 13.0 Å². The standard InChI is InChI=1S/C19H22ClNO4/c1-22-16-4-3-14(11-17(16)23-2)12-21-6-5-13-9-15(20)19-18(10-13)24-7-8-25-19/h3-4,9-11,21H,5-8,12H2,1-2H3. The van der Waals surface area contributed by atoms with Crippen molar-refractivity contribution in [3.05, 3.63) is 46.5 Å². The number of hydrogen-bond acceptors (Lipinski definition) is 5. The minimum absolute atomic E-state index is 0.541. The summed E-state index contributed by atoms with van der Waals surface area (Å²) in [6, 6.07) is 9.85. The Morgan fingerprint density at radius 1 is 1.00 bits per heavy atom. The van der Waals surface area contributed by atoms with Gasteiger partial charge in [-0.3, -0.25) is 0 Å². The highest BCUT2D eigenvalue weighted by Gasteiger charge is 2.16. The Labute approximate surface area is 152 Å². The van der Waals surface area contributed by atoms with E-state index in [9.17, 15) is 0 Å². The van der Waals surface area contributed by atoms with Crippen LogP contribution in [0.4, 0.5) is 0 Å². The van der Waals surface area contributed by atoms with Gasteiger partial charge in [-0.2, -0.15) is 0 Å². The molecule has 134 valence electrons. The van der Waals surface area contributed by atoms with E-state index in [1.54, 1.807) is 14.2 Å². The molecule has 0 aromatic heterocycles. The number of ether oxygens (including phenoxy) is 4. The monoisotopic (exact) mass is 363 g/mol. The van der Waals surface area contributed by atoms with Gasteiger partial charge >= 0.3 is 0 Å². The lowest BCUT2D eigenvalue weighted by molar-refractivity contribution is 0.171. The van der Waals surface area contributed by atoms with Crippen LogP contribution in [0.2, 0.25) is 5.02 Å². The fourth-order valence-electron chi connectivity index (χ4n) is 2.76. The second-order valence-corrected chi connectivity index (χ2v) is 6.13. The molecular weight excluding hydrogens is 342 g/mol. The molecule has 25 heavy (non-hydrogen) atoms. The van der Waals surface area contributed by atoms with E-state index in [2.05, 4.69) is 5.32 Å². The summed E-state index contributed by atoms with van der Waals surface area (Å²) in [7, 11) is 3.27. The molecule has 1 aliphatic heterocycles. The van der Waals surface area contributed by atoms with Gasteiger partial charge < -0.3 is 24.3 Å². The van der Waals surface area contributed by atoms with Crippen LogP contribution in [0.25, 0.3) is 0 Å². The van der Waals surface area contributed by atoms with Crippen molar-refractivity contribution < 1.29 is 18.9 Å². The summed E-state index contributed by atoms with van der Waals surface area (Å²) in [5.41, 5.74) is 2.26. The maximum Gasteiger partial charge on any atom is 0.179 e. The molecule has 3 rings (SSSR count). The fourth-order valence-corrected chi connectivity index (χ4v) is 3.05. The Balaban J connectivity index is 1.54. The molecule has 0 saturated heterocycles. The molecule has 0 atom stereocenters. The first-order chi connectivity index (χ1) is 12.2. The van der Waals surface area contributed by atoms with E-state index < -0.39 is 0 Å². The molecule has 2 aromatic rings. The summed E-state index contributed by atoms with van der Waals surface area (Å²) in [5, 5.41) is 4.03. The van der Waals surface area contributed by atoms with Crippen molar-refractivity contribution in [3.63, 3.8) is 0 Å². The molecule has 0 bridgehead atoms. The van der Waals surface area contributed by atoms with Crippen molar-refractivity contribution >= 4 is 11.6 Å². The first kappa shape index (κ1) is 17.7. The summed E-state index contributed by atoms with van der Waals surface area (Å²) in [5.74, 6) is 2.85. The summed E-state index contributed by atoms with van der Waals surface area (Å²) >= 11 is 6.27. The zero-order chi connectivity index (χ0) is 17.6. The number of rotatable bonds is 7. The molecule has 5 nitrogen and oxygen atoms in total. The van der Waals surface area contributed by atoms with E-state index >= 15 is 0 Å². The van der Waals surface area contributed by atoms with Crippen LogP contribution in [0.5, 0.6) is 23.0 Å². The Hall–Kier alpha value is -2.11. The quantitative estimate of drug-likeness (QED) is 0.763. The molecule has 1 heterocycles. The number of halogens is 1. The van der Waals surface area contributed by atoms with Crippen molar-refractivity contribution in [1.29, 1.82) is 0 Å². The van der Waals surface area contributed by atoms with Crippen molar-refractivity contribution in [1.82, 2.24) is 5.32 Å². The number of fused-ring (bicyclic) bond motifs is 1. The zero-order valence-electron chi connectivity index (χ0n) is 14.4. The number of benzene rings is 2. The Morgan fingerprint density at radius 2 is 1.80 bits per heavy atom. The molecular formula is C19H22ClNO4. The van der Waals surface area contributed by atoms with E-state index in [0.29, 0.717) is 24.0 Å². The third-order valence-corrected chi connectivity index (χ3v) is 4.30. The average molecular weight is 364 g/mol. The molecule has 0 saturated carbocycles. The summed E-state index contributed by atoms with van der Waals surface area (Å²) in [4.78, 5) is 0. The molecule has 1 N–H and O–H groups in total. The van der Waals surface area contributed by atoms with Crippen molar-refractivity contribution in [2.24, 2.45) is 0 Å². The molecule has 2 aromatic carbocycles. The molecule has 0 aliphatic carbocycles. The van der Waals surface area contributed by atoms with Crippen molar-refractivity contribution in [2.45, 2.75) is 13.0 Å². The predicted octanol–water partition coefficient (Wildman–Crippen LogP) is 3.46.